The maximum Gasteiger partial charge on any atom is 0.341 e. The van der Waals surface area contributed by atoms with Gasteiger partial charge in [-0.15, -0.1) is 5.10 Å². The van der Waals surface area contributed by atoms with Crippen LogP contribution in [0.4, 0.5) is 0 Å². The summed E-state index contributed by atoms with van der Waals surface area (Å²) in [5.74, 6) is -0.464. The molecule has 6 nitrogen and oxygen atoms in total. The van der Waals surface area contributed by atoms with Gasteiger partial charge in [0.15, 0.2) is 0 Å². The van der Waals surface area contributed by atoms with Crippen molar-refractivity contribution in [2.24, 2.45) is 0 Å². The zero-order valence-corrected chi connectivity index (χ0v) is 10.8. The van der Waals surface area contributed by atoms with E-state index in [-0.39, 0.29) is 11.6 Å². The Labute approximate surface area is 110 Å². The van der Waals surface area contributed by atoms with Crippen LogP contribution >= 0.6 is 0 Å². The number of carboxylic acid groups (broad SMARTS) is 1. The Kier molecular flexibility index (Phi) is 3.41. The highest BCUT2D eigenvalue weighted by Gasteiger charge is 2.09. The molecule has 98 valence electrons. The number of aromatic carboxylic acids is 1. The van der Waals surface area contributed by atoms with Crippen LogP contribution in [0.2, 0.25) is 0 Å². The summed E-state index contributed by atoms with van der Waals surface area (Å²) in [5, 5.41) is 16.6. The number of rotatable bonds is 3. The molecule has 0 radical (unpaired) electrons. The number of ether oxygens (including phenoxy) is 1. The molecule has 0 unspecified atom stereocenters. The number of carboxylic acids is 1. The maximum absolute atomic E-state index is 10.8. The molecule has 19 heavy (non-hydrogen) atoms. The zero-order chi connectivity index (χ0) is 14.0. The Morgan fingerprint density at radius 1 is 1.16 bits per heavy atom. The first-order valence-corrected chi connectivity index (χ1v) is 5.67. The van der Waals surface area contributed by atoms with Crippen molar-refractivity contribution in [2.45, 2.75) is 20.8 Å². The molecule has 1 N–H and O–H groups in total. The van der Waals surface area contributed by atoms with Crippen LogP contribution in [-0.2, 0) is 0 Å². The van der Waals surface area contributed by atoms with Crippen LogP contribution in [0.5, 0.6) is 11.8 Å². The summed E-state index contributed by atoms with van der Waals surface area (Å²) < 4.78 is 5.50. The van der Waals surface area contributed by atoms with Gasteiger partial charge < -0.3 is 9.84 Å². The summed E-state index contributed by atoms with van der Waals surface area (Å²) >= 11 is 0. The topological polar surface area (TPSA) is 85.2 Å². The highest BCUT2D eigenvalue weighted by Crippen LogP contribution is 2.23. The van der Waals surface area contributed by atoms with Crippen molar-refractivity contribution >= 4 is 5.97 Å². The number of aryl methyl sites for hydroxylation is 3. The van der Waals surface area contributed by atoms with Gasteiger partial charge >= 0.3 is 12.0 Å². The molecule has 0 spiro atoms. The van der Waals surface area contributed by atoms with E-state index in [1.54, 1.807) is 13.0 Å². The molecule has 0 bridgehead atoms. The first-order valence-electron chi connectivity index (χ1n) is 5.67. The monoisotopic (exact) mass is 259 g/mol. The molecule has 0 aliphatic rings. The minimum absolute atomic E-state index is 0.147. The molecule has 1 heterocycles. The van der Waals surface area contributed by atoms with E-state index in [9.17, 15) is 4.79 Å². The van der Waals surface area contributed by atoms with Crippen molar-refractivity contribution in [3.63, 3.8) is 0 Å². The predicted molar refractivity (Wildman–Crippen MR) is 67.5 cm³/mol. The Hall–Kier alpha value is -2.50. The van der Waals surface area contributed by atoms with E-state index in [1.165, 1.54) is 12.1 Å². The van der Waals surface area contributed by atoms with E-state index < -0.39 is 5.97 Å². The average Bonchev–Trinajstić information content (AvgIpc) is 2.36. The SMILES string of the molecule is Cc1cc(C(=O)O)ccc1Oc1nnc(C)c(C)n1. The van der Waals surface area contributed by atoms with Crippen molar-refractivity contribution in [2.75, 3.05) is 0 Å². The van der Waals surface area contributed by atoms with Gasteiger partial charge in [0.25, 0.3) is 0 Å². The van der Waals surface area contributed by atoms with E-state index in [0.29, 0.717) is 11.3 Å². The molecule has 6 heteroatoms. The first kappa shape index (κ1) is 12.9. The van der Waals surface area contributed by atoms with Gasteiger partial charge in [0.05, 0.1) is 17.0 Å². The standard InChI is InChI=1S/C13H13N3O3/c1-7-6-10(12(17)18)4-5-11(7)19-13-14-8(2)9(3)15-16-13/h4-6H,1-3H3,(H,17,18). The van der Waals surface area contributed by atoms with Crippen molar-refractivity contribution in [1.29, 1.82) is 0 Å². The van der Waals surface area contributed by atoms with E-state index in [2.05, 4.69) is 15.2 Å². The Balaban J connectivity index is 2.28. The van der Waals surface area contributed by atoms with Gasteiger partial charge in [-0.3, -0.25) is 0 Å². The summed E-state index contributed by atoms with van der Waals surface area (Å²) in [7, 11) is 0. The Morgan fingerprint density at radius 2 is 1.89 bits per heavy atom. The van der Waals surface area contributed by atoms with E-state index in [1.807, 2.05) is 13.8 Å². The lowest BCUT2D eigenvalue weighted by atomic mass is 10.1. The number of carbonyl (C=O) groups is 1. The van der Waals surface area contributed by atoms with E-state index in [0.717, 1.165) is 11.4 Å². The summed E-state index contributed by atoms with van der Waals surface area (Å²) in [4.78, 5) is 15.0. The second kappa shape index (κ2) is 5.01. The van der Waals surface area contributed by atoms with Crippen molar-refractivity contribution in [3.8, 4) is 11.8 Å². The lowest BCUT2D eigenvalue weighted by Crippen LogP contribution is -2.01. The number of aromatic nitrogens is 3. The fourth-order valence-corrected chi connectivity index (χ4v) is 1.48. The van der Waals surface area contributed by atoms with Gasteiger partial charge in [0.2, 0.25) is 0 Å². The minimum atomic E-state index is -0.973. The van der Waals surface area contributed by atoms with Gasteiger partial charge in [-0.1, -0.05) is 5.10 Å². The van der Waals surface area contributed by atoms with Crippen LogP contribution < -0.4 is 4.74 Å². The van der Waals surface area contributed by atoms with Crippen LogP contribution in [0, 0.1) is 20.8 Å². The number of benzene rings is 1. The van der Waals surface area contributed by atoms with E-state index >= 15 is 0 Å². The largest absolute Gasteiger partial charge is 0.478 e. The molecule has 0 atom stereocenters. The lowest BCUT2D eigenvalue weighted by molar-refractivity contribution is 0.0697. The van der Waals surface area contributed by atoms with Crippen LogP contribution in [0.3, 0.4) is 0 Å². The first-order chi connectivity index (χ1) is 8.97. The summed E-state index contributed by atoms with van der Waals surface area (Å²) in [6.07, 6.45) is 0. The normalized spacial score (nSPS) is 10.3. The zero-order valence-electron chi connectivity index (χ0n) is 10.8. The summed E-state index contributed by atoms with van der Waals surface area (Å²) in [5.41, 5.74) is 2.39. The third-order valence-electron chi connectivity index (χ3n) is 2.70. The van der Waals surface area contributed by atoms with E-state index in [4.69, 9.17) is 9.84 Å². The number of hydrogen-bond acceptors (Lipinski definition) is 5. The lowest BCUT2D eigenvalue weighted by Gasteiger charge is -2.08. The molecule has 0 aliphatic heterocycles. The van der Waals surface area contributed by atoms with Gasteiger partial charge in [0.1, 0.15) is 5.75 Å². The van der Waals surface area contributed by atoms with Crippen LogP contribution in [-0.4, -0.2) is 26.3 Å². The maximum atomic E-state index is 10.8. The number of nitrogens with zero attached hydrogens (tertiary/aromatic N) is 3. The van der Waals surface area contributed by atoms with Crippen LogP contribution in [0.15, 0.2) is 18.2 Å². The Bertz CT molecular complexity index is 641. The second-order valence-corrected chi connectivity index (χ2v) is 4.15. The third kappa shape index (κ3) is 2.85. The van der Waals surface area contributed by atoms with Gasteiger partial charge in [-0.05, 0) is 44.5 Å². The fraction of sp³-hybridized carbons (Fsp3) is 0.231. The molecular formula is C13H13N3O3. The minimum Gasteiger partial charge on any atom is -0.478 e. The molecule has 1 aromatic heterocycles. The van der Waals surface area contributed by atoms with Crippen LogP contribution in [0.1, 0.15) is 27.3 Å². The summed E-state index contributed by atoms with van der Waals surface area (Å²) in [6.45, 7) is 5.39. The molecule has 2 rings (SSSR count). The molecular weight excluding hydrogens is 246 g/mol. The van der Waals surface area contributed by atoms with Crippen molar-refractivity contribution in [1.82, 2.24) is 15.2 Å². The molecule has 2 aromatic rings. The average molecular weight is 259 g/mol. The highest BCUT2D eigenvalue weighted by atomic mass is 16.5. The highest BCUT2D eigenvalue weighted by molar-refractivity contribution is 5.88. The van der Waals surface area contributed by atoms with Gasteiger partial charge in [-0.2, -0.15) is 4.98 Å². The number of hydrogen-bond donors (Lipinski definition) is 1. The fourth-order valence-electron chi connectivity index (χ4n) is 1.48. The quantitative estimate of drug-likeness (QED) is 0.910. The molecule has 0 aliphatic carbocycles. The van der Waals surface area contributed by atoms with Gasteiger partial charge in [0, 0.05) is 0 Å². The molecule has 0 fully saturated rings. The molecule has 0 amide bonds. The van der Waals surface area contributed by atoms with Crippen LogP contribution in [0.25, 0.3) is 0 Å². The van der Waals surface area contributed by atoms with Gasteiger partial charge in [-0.25, -0.2) is 4.79 Å². The second-order valence-electron chi connectivity index (χ2n) is 4.15. The summed E-state index contributed by atoms with van der Waals surface area (Å²) in [6, 6.07) is 4.73. The molecule has 0 saturated heterocycles. The van der Waals surface area contributed by atoms with Crippen molar-refractivity contribution in [3.05, 3.63) is 40.7 Å². The molecule has 0 saturated carbocycles. The molecule has 1 aromatic carbocycles. The Morgan fingerprint density at radius 3 is 2.47 bits per heavy atom. The third-order valence-corrected chi connectivity index (χ3v) is 2.70. The van der Waals surface area contributed by atoms with Crippen molar-refractivity contribution < 1.29 is 14.6 Å². The smallest absolute Gasteiger partial charge is 0.341 e. The predicted octanol–water partition coefficient (Wildman–Crippen LogP) is 2.29.